The molecule has 1 amide bonds. The van der Waals surface area contributed by atoms with E-state index in [1.165, 1.54) is 0 Å². The second-order valence-electron chi connectivity index (χ2n) is 7.84. The molecule has 1 atom stereocenters. The smallest absolute Gasteiger partial charge is 0.410 e. The van der Waals surface area contributed by atoms with E-state index in [1.807, 2.05) is 39.0 Å². The summed E-state index contributed by atoms with van der Waals surface area (Å²) in [7, 11) is 0. The summed E-state index contributed by atoms with van der Waals surface area (Å²) in [6.45, 7) is 6.61. The lowest BCUT2D eigenvalue weighted by atomic mass is 10.0. The molecule has 0 bridgehead atoms. The maximum Gasteiger partial charge on any atom is 0.410 e. The van der Waals surface area contributed by atoms with E-state index in [-0.39, 0.29) is 30.9 Å². The van der Waals surface area contributed by atoms with E-state index in [4.69, 9.17) is 9.84 Å². The molecule has 7 heteroatoms. The van der Waals surface area contributed by atoms with Gasteiger partial charge in [-0.05, 0) is 57.4 Å². The Morgan fingerprint density at radius 1 is 1.37 bits per heavy atom. The van der Waals surface area contributed by atoms with Crippen LogP contribution in [0.2, 0.25) is 0 Å². The van der Waals surface area contributed by atoms with Crippen LogP contribution >= 0.6 is 15.9 Å². The van der Waals surface area contributed by atoms with E-state index in [1.54, 1.807) is 4.90 Å². The summed E-state index contributed by atoms with van der Waals surface area (Å²) in [4.78, 5) is 26.8. The predicted octanol–water partition coefficient (Wildman–Crippen LogP) is 3.75. The van der Waals surface area contributed by atoms with E-state index < -0.39 is 5.60 Å². The standard InChI is InChI=1S/C20H29BrN2O4/c1-20(2,3)27-19(26)23-9-4-5-16(23)13-17(25)12-14-11-15(21)6-7-18(14)22-8-10-24/h6-7,11,16,22,24H,4-5,8-10,12-13H2,1-3H3/t16-/m0/s1. The van der Waals surface area contributed by atoms with Crippen molar-refractivity contribution < 1.29 is 19.4 Å². The number of amides is 1. The lowest BCUT2D eigenvalue weighted by molar-refractivity contribution is -0.119. The van der Waals surface area contributed by atoms with Crippen molar-refractivity contribution in [3.05, 3.63) is 28.2 Å². The van der Waals surface area contributed by atoms with Crippen molar-refractivity contribution in [3.8, 4) is 0 Å². The minimum Gasteiger partial charge on any atom is -0.444 e. The zero-order chi connectivity index (χ0) is 20.0. The molecule has 1 aromatic rings. The molecule has 1 saturated heterocycles. The first-order chi connectivity index (χ1) is 12.7. The van der Waals surface area contributed by atoms with Crippen LogP contribution in [0.15, 0.2) is 22.7 Å². The van der Waals surface area contributed by atoms with Crippen LogP contribution in [0.4, 0.5) is 10.5 Å². The summed E-state index contributed by atoms with van der Waals surface area (Å²) in [6.07, 6.45) is 1.97. The second kappa shape index (κ2) is 9.55. The molecule has 0 aromatic heterocycles. The first-order valence-electron chi connectivity index (χ1n) is 9.34. The van der Waals surface area contributed by atoms with Crippen molar-refractivity contribution in [2.45, 2.75) is 58.1 Å². The highest BCUT2D eigenvalue weighted by atomic mass is 79.9. The molecule has 1 aliphatic rings. The molecule has 150 valence electrons. The van der Waals surface area contributed by atoms with Crippen LogP contribution in [0.3, 0.4) is 0 Å². The number of nitrogens with one attached hydrogen (secondary N) is 1. The summed E-state index contributed by atoms with van der Waals surface area (Å²) in [5.41, 5.74) is 1.18. The Balaban J connectivity index is 2.00. The minimum atomic E-state index is -0.544. The van der Waals surface area contributed by atoms with Crippen molar-refractivity contribution in [1.82, 2.24) is 4.90 Å². The topological polar surface area (TPSA) is 78.9 Å². The number of hydrogen-bond donors (Lipinski definition) is 2. The SMILES string of the molecule is CC(C)(C)OC(=O)N1CCC[C@H]1CC(=O)Cc1cc(Br)ccc1NCCO. The summed E-state index contributed by atoms with van der Waals surface area (Å²) in [5.74, 6) is 0.0839. The number of carbonyl (C=O) groups is 2. The molecule has 0 unspecified atom stereocenters. The molecule has 1 aromatic carbocycles. The van der Waals surface area contributed by atoms with E-state index >= 15 is 0 Å². The maximum atomic E-state index is 12.7. The summed E-state index contributed by atoms with van der Waals surface area (Å²) in [5, 5.41) is 12.2. The van der Waals surface area contributed by atoms with Crippen LogP contribution in [0.5, 0.6) is 0 Å². The van der Waals surface area contributed by atoms with Gasteiger partial charge in [0.25, 0.3) is 0 Å². The number of Topliss-reactive ketones (excluding diaryl/α,β-unsaturated/α-hetero) is 1. The van der Waals surface area contributed by atoms with Crippen LogP contribution in [0.1, 0.15) is 45.6 Å². The van der Waals surface area contributed by atoms with Crippen molar-refractivity contribution in [2.75, 3.05) is 25.0 Å². The average Bonchev–Trinajstić information content (AvgIpc) is 3.00. The number of carbonyl (C=O) groups excluding carboxylic acids is 2. The van der Waals surface area contributed by atoms with Gasteiger partial charge in [-0.25, -0.2) is 4.79 Å². The monoisotopic (exact) mass is 440 g/mol. The van der Waals surface area contributed by atoms with E-state index in [2.05, 4.69) is 21.2 Å². The molecule has 0 aliphatic carbocycles. The van der Waals surface area contributed by atoms with Gasteiger partial charge in [0.15, 0.2) is 0 Å². The number of ether oxygens (including phenoxy) is 1. The maximum absolute atomic E-state index is 12.7. The van der Waals surface area contributed by atoms with Gasteiger partial charge in [0.05, 0.1) is 6.61 Å². The van der Waals surface area contributed by atoms with Gasteiger partial charge >= 0.3 is 6.09 Å². The third-order valence-electron chi connectivity index (χ3n) is 4.35. The van der Waals surface area contributed by atoms with Gasteiger partial charge in [-0.1, -0.05) is 15.9 Å². The Morgan fingerprint density at radius 2 is 2.11 bits per heavy atom. The molecule has 0 saturated carbocycles. The van der Waals surface area contributed by atoms with E-state index in [0.717, 1.165) is 28.6 Å². The molecule has 2 rings (SSSR count). The Bertz CT molecular complexity index is 672. The normalized spacial score (nSPS) is 17.1. The number of hydrogen-bond acceptors (Lipinski definition) is 5. The van der Waals surface area contributed by atoms with Crippen molar-refractivity contribution in [3.63, 3.8) is 0 Å². The van der Waals surface area contributed by atoms with E-state index in [0.29, 0.717) is 19.5 Å². The first kappa shape index (κ1) is 21.7. The third-order valence-corrected chi connectivity index (χ3v) is 4.84. The molecule has 6 nitrogen and oxygen atoms in total. The average molecular weight is 441 g/mol. The van der Waals surface area contributed by atoms with Gasteiger partial charge in [-0.2, -0.15) is 0 Å². The Kier molecular flexibility index (Phi) is 7.68. The van der Waals surface area contributed by atoms with Gasteiger partial charge in [-0.3, -0.25) is 4.79 Å². The van der Waals surface area contributed by atoms with Crippen molar-refractivity contribution in [2.24, 2.45) is 0 Å². The molecule has 1 fully saturated rings. The summed E-state index contributed by atoms with van der Waals surface area (Å²) >= 11 is 3.44. The Labute approximate surface area is 169 Å². The van der Waals surface area contributed by atoms with Crippen molar-refractivity contribution in [1.29, 1.82) is 0 Å². The second-order valence-corrected chi connectivity index (χ2v) is 8.76. The highest BCUT2D eigenvalue weighted by molar-refractivity contribution is 9.10. The highest BCUT2D eigenvalue weighted by Crippen LogP contribution is 2.26. The molecule has 1 aliphatic heterocycles. The number of anilines is 1. The van der Waals surface area contributed by atoms with Crippen LogP contribution < -0.4 is 5.32 Å². The largest absolute Gasteiger partial charge is 0.444 e. The third kappa shape index (κ3) is 6.81. The van der Waals surface area contributed by atoms with Crippen LogP contribution in [-0.2, 0) is 16.0 Å². The first-order valence-corrected chi connectivity index (χ1v) is 10.1. The molecule has 27 heavy (non-hydrogen) atoms. The van der Waals surface area contributed by atoms with Crippen molar-refractivity contribution >= 4 is 33.5 Å². The molecule has 1 heterocycles. The van der Waals surface area contributed by atoms with Crippen LogP contribution in [-0.4, -0.2) is 53.2 Å². The summed E-state index contributed by atoms with van der Waals surface area (Å²) in [6, 6.07) is 5.60. The van der Waals surface area contributed by atoms with Gasteiger partial charge in [0.1, 0.15) is 11.4 Å². The fraction of sp³-hybridized carbons (Fsp3) is 0.600. The number of aliphatic hydroxyl groups excluding tert-OH is 1. The predicted molar refractivity (Wildman–Crippen MR) is 109 cm³/mol. The zero-order valence-corrected chi connectivity index (χ0v) is 17.8. The van der Waals surface area contributed by atoms with Crippen LogP contribution in [0, 0.1) is 0 Å². The van der Waals surface area contributed by atoms with Gasteiger partial charge in [-0.15, -0.1) is 0 Å². The molecular formula is C20H29BrN2O4. The summed E-state index contributed by atoms with van der Waals surface area (Å²) < 4.78 is 6.37. The number of rotatable bonds is 7. The van der Waals surface area contributed by atoms with Crippen LogP contribution in [0.25, 0.3) is 0 Å². The number of nitrogens with zero attached hydrogens (tertiary/aromatic N) is 1. The zero-order valence-electron chi connectivity index (χ0n) is 16.3. The molecule has 0 radical (unpaired) electrons. The Hall–Kier alpha value is -1.60. The van der Waals surface area contributed by atoms with Gasteiger partial charge < -0.3 is 20.1 Å². The lowest BCUT2D eigenvalue weighted by Gasteiger charge is -2.28. The Morgan fingerprint density at radius 3 is 2.78 bits per heavy atom. The number of halogens is 1. The van der Waals surface area contributed by atoms with E-state index in [9.17, 15) is 9.59 Å². The number of likely N-dealkylation sites (tertiary alicyclic amines) is 1. The van der Waals surface area contributed by atoms with Gasteiger partial charge in [0, 0.05) is 42.1 Å². The minimum absolute atomic E-state index is 0.0242. The van der Waals surface area contributed by atoms with Gasteiger partial charge in [0.2, 0.25) is 0 Å². The fourth-order valence-corrected chi connectivity index (χ4v) is 3.64. The molecule has 0 spiro atoms. The molecule has 2 N–H and O–H groups in total. The quantitative estimate of drug-likeness (QED) is 0.674. The lowest BCUT2D eigenvalue weighted by Crippen LogP contribution is -2.40. The number of benzene rings is 1. The highest BCUT2D eigenvalue weighted by Gasteiger charge is 2.33. The molecular weight excluding hydrogens is 412 g/mol. The fourth-order valence-electron chi connectivity index (χ4n) is 3.23. The number of ketones is 1. The number of aliphatic hydroxyl groups is 1.